The topological polar surface area (TPSA) is 45.7 Å². The van der Waals surface area contributed by atoms with Crippen LogP contribution in [0.4, 0.5) is 0 Å². The van der Waals surface area contributed by atoms with E-state index in [9.17, 15) is 0 Å². The summed E-state index contributed by atoms with van der Waals surface area (Å²) in [6.07, 6.45) is 1.24. The van der Waals surface area contributed by atoms with Gasteiger partial charge in [0.2, 0.25) is 0 Å². The number of rotatable bonds is 5. The molecular weight excluding hydrogens is 250 g/mol. The highest BCUT2D eigenvalue weighted by Crippen LogP contribution is 2.28. The molecule has 2 atom stereocenters. The van der Waals surface area contributed by atoms with Crippen LogP contribution in [0.5, 0.6) is 5.75 Å². The molecule has 4 heteroatoms. The van der Waals surface area contributed by atoms with Crippen LogP contribution >= 0.6 is 0 Å². The van der Waals surface area contributed by atoms with Crippen LogP contribution in [0.25, 0.3) is 0 Å². The van der Waals surface area contributed by atoms with Crippen LogP contribution in [-0.2, 0) is 0 Å². The Morgan fingerprint density at radius 1 is 1.30 bits per heavy atom. The molecule has 0 radical (unpaired) electrons. The van der Waals surface area contributed by atoms with Crippen molar-refractivity contribution < 1.29 is 4.74 Å². The average molecular weight is 275 g/mol. The molecule has 110 valence electrons. The molecule has 1 aliphatic carbocycles. The Balaban J connectivity index is 1.70. The molecule has 0 heterocycles. The fourth-order valence-electron chi connectivity index (χ4n) is 2.25. The van der Waals surface area contributed by atoms with Crippen molar-refractivity contribution in [3.05, 3.63) is 29.3 Å². The Morgan fingerprint density at radius 2 is 1.95 bits per heavy atom. The first-order valence-electron chi connectivity index (χ1n) is 7.27. The van der Waals surface area contributed by atoms with Gasteiger partial charge in [-0.25, -0.2) is 0 Å². The molecule has 0 bridgehead atoms. The van der Waals surface area contributed by atoms with Gasteiger partial charge in [0.1, 0.15) is 12.4 Å². The number of hydrogen-bond acceptors (Lipinski definition) is 2. The van der Waals surface area contributed by atoms with Gasteiger partial charge in [-0.1, -0.05) is 13.0 Å². The van der Waals surface area contributed by atoms with Crippen molar-refractivity contribution in [2.24, 2.45) is 10.9 Å². The van der Waals surface area contributed by atoms with E-state index in [1.165, 1.54) is 17.5 Å². The van der Waals surface area contributed by atoms with E-state index in [-0.39, 0.29) is 0 Å². The maximum atomic E-state index is 5.76. The molecule has 2 N–H and O–H groups in total. The van der Waals surface area contributed by atoms with Crippen molar-refractivity contribution in [1.82, 2.24) is 10.6 Å². The molecule has 0 amide bonds. The molecule has 1 fully saturated rings. The lowest BCUT2D eigenvalue weighted by Gasteiger charge is -2.12. The number of aryl methyl sites for hydroxylation is 2. The average Bonchev–Trinajstić information content (AvgIpc) is 3.07. The van der Waals surface area contributed by atoms with Gasteiger partial charge in [0.25, 0.3) is 0 Å². The summed E-state index contributed by atoms with van der Waals surface area (Å²) in [5.41, 5.74) is 2.46. The minimum atomic E-state index is 0.585. The Kier molecular flexibility index (Phi) is 4.88. The monoisotopic (exact) mass is 275 g/mol. The zero-order valence-corrected chi connectivity index (χ0v) is 12.9. The molecule has 2 unspecified atom stereocenters. The quantitative estimate of drug-likeness (QED) is 0.492. The van der Waals surface area contributed by atoms with Gasteiger partial charge in [0, 0.05) is 13.1 Å². The number of nitrogens with one attached hydrogen (secondary N) is 2. The van der Waals surface area contributed by atoms with Gasteiger partial charge in [-0.15, -0.1) is 0 Å². The second-order valence-corrected chi connectivity index (χ2v) is 5.63. The first-order chi connectivity index (χ1) is 9.58. The third-order valence-corrected chi connectivity index (χ3v) is 3.51. The largest absolute Gasteiger partial charge is 0.492 e. The van der Waals surface area contributed by atoms with Crippen LogP contribution in [0.15, 0.2) is 23.2 Å². The lowest BCUT2D eigenvalue weighted by molar-refractivity contribution is 0.321. The van der Waals surface area contributed by atoms with Gasteiger partial charge in [-0.05, 0) is 49.4 Å². The predicted octanol–water partition coefficient (Wildman–Crippen LogP) is 2.26. The predicted molar refractivity (Wildman–Crippen MR) is 83.5 cm³/mol. The van der Waals surface area contributed by atoms with E-state index >= 15 is 0 Å². The van der Waals surface area contributed by atoms with Crippen LogP contribution in [-0.4, -0.2) is 32.2 Å². The standard InChI is InChI=1S/C16H25N3O/c1-11-7-12(2)9-14(8-11)20-6-5-18-16(17-4)19-15-10-13(15)3/h7-9,13,15H,5-6,10H2,1-4H3,(H2,17,18,19). The molecule has 1 aliphatic rings. The summed E-state index contributed by atoms with van der Waals surface area (Å²) in [6.45, 7) is 7.78. The van der Waals surface area contributed by atoms with Gasteiger partial charge < -0.3 is 15.4 Å². The maximum Gasteiger partial charge on any atom is 0.191 e. The van der Waals surface area contributed by atoms with E-state index in [4.69, 9.17) is 4.74 Å². The third-order valence-electron chi connectivity index (χ3n) is 3.51. The van der Waals surface area contributed by atoms with Gasteiger partial charge >= 0.3 is 0 Å². The molecule has 0 aromatic heterocycles. The molecular formula is C16H25N3O. The van der Waals surface area contributed by atoms with Crippen LogP contribution in [0.2, 0.25) is 0 Å². The smallest absolute Gasteiger partial charge is 0.191 e. The Labute approximate surface area is 121 Å². The highest BCUT2D eigenvalue weighted by Gasteiger charge is 2.33. The summed E-state index contributed by atoms with van der Waals surface area (Å²) in [5.74, 6) is 2.56. The van der Waals surface area contributed by atoms with Crippen LogP contribution < -0.4 is 15.4 Å². The van der Waals surface area contributed by atoms with Gasteiger partial charge in [0.05, 0.1) is 6.54 Å². The SMILES string of the molecule is CN=C(NCCOc1cc(C)cc(C)c1)NC1CC1C. The lowest BCUT2D eigenvalue weighted by atomic mass is 10.1. The minimum absolute atomic E-state index is 0.585. The number of ether oxygens (including phenoxy) is 1. The van der Waals surface area contributed by atoms with Crippen molar-refractivity contribution in [1.29, 1.82) is 0 Å². The highest BCUT2D eigenvalue weighted by atomic mass is 16.5. The van der Waals surface area contributed by atoms with E-state index in [1.54, 1.807) is 7.05 Å². The van der Waals surface area contributed by atoms with Crippen molar-refractivity contribution in [2.45, 2.75) is 33.2 Å². The zero-order valence-electron chi connectivity index (χ0n) is 12.9. The van der Waals surface area contributed by atoms with Gasteiger partial charge in [-0.2, -0.15) is 0 Å². The van der Waals surface area contributed by atoms with E-state index in [0.717, 1.165) is 24.2 Å². The second kappa shape index (κ2) is 6.64. The minimum Gasteiger partial charge on any atom is -0.492 e. The van der Waals surface area contributed by atoms with E-state index in [1.807, 2.05) is 0 Å². The number of aliphatic imine (C=N–C) groups is 1. The number of benzene rings is 1. The second-order valence-electron chi connectivity index (χ2n) is 5.63. The van der Waals surface area contributed by atoms with Crippen LogP contribution in [0.1, 0.15) is 24.5 Å². The molecule has 0 aliphatic heterocycles. The number of hydrogen-bond donors (Lipinski definition) is 2. The van der Waals surface area contributed by atoms with Crippen LogP contribution in [0, 0.1) is 19.8 Å². The number of nitrogens with zero attached hydrogens (tertiary/aromatic N) is 1. The first kappa shape index (κ1) is 14.7. The molecule has 2 rings (SSSR count). The number of guanidine groups is 1. The van der Waals surface area contributed by atoms with E-state index in [2.05, 4.69) is 54.6 Å². The van der Waals surface area contributed by atoms with Crippen molar-refractivity contribution in [3.63, 3.8) is 0 Å². The fourth-order valence-corrected chi connectivity index (χ4v) is 2.25. The van der Waals surface area contributed by atoms with Crippen LogP contribution in [0.3, 0.4) is 0 Å². The Hall–Kier alpha value is -1.71. The summed E-state index contributed by atoms with van der Waals surface area (Å²) < 4.78 is 5.76. The summed E-state index contributed by atoms with van der Waals surface area (Å²) in [5, 5.41) is 6.67. The molecule has 1 aromatic carbocycles. The normalized spacial score (nSPS) is 21.5. The maximum absolute atomic E-state index is 5.76. The van der Waals surface area contributed by atoms with E-state index < -0.39 is 0 Å². The lowest BCUT2D eigenvalue weighted by Crippen LogP contribution is -2.40. The van der Waals surface area contributed by atoms with Gasteiger partial charge in [0.15, 0.2) is 5.96 Å². The summed E-state index contributed by atoms with van der Waals surface area (Å²) in [4.78, 5) is 4.21. The van der Waals surface area contributed by atoms with Crippen molar-refractivity contribution in [2.75, 3.05) is 20.2 Å². The Bertz CT molecular complexity index is 464. The van der Waals surface area contributed by atoms with Crippen molar-refractivity contribution in [3.8, 4) is 5.75 Å². The molecule has 1 saturated carbocycles. The summed E-state index contributed by atoms with van der Waals surface area (Å²) in [6, 6.07) is 6.85. The summed E-state index contributed by atoms with van der Waals surface area (Å²) in [7, 11) is 1.80. The Morgan fingerprint density at radius 3 is 2.50 bits per heavy atom. The molecule has 20 heavy (non-hydrogen) atoms. The third kappa shape index (κ3) is 4.44. The highest BCUT2D eigenvalue weighted by molar-refractivity contribution is 5.80. The summed E-state index contributed by atoms with van der Waals surface area (Å²) >= 11 is 0. The van der Waals surface area contributed by atoms with Crippen molar-refractivity contribution >= 4 is 5.96 Å². The molecule has 4 nitrogen and oxygen atoms in total. The van der Waals surface area contributed by atoms with Gasteiger partial charge in [-0.3, -0.25) is 4.99 Å². The first-order valence-corrected chi connectivity index (χ1v) is 7.27. The zero-order chi connectivity index (χ0) is 14.5. The van der Waals surface area contributed by atoms with E-state index in [0.29, 0.717) is 12.6 Å². The molecule has 0 spiro atoms. The fraction of sp³-hybridized carbons (Fsp3) is 0.562. The molecule has 1 aromatic rings. The molecule has 0 saturated heterocycles.